The van der Waals surface area contributed by atoms with Crippen molar-refractivity contribution < 1.29 is 13.2 Å². The maximum atomic E-state index is 11.9. The second kappa shape index (κ2) is 5.84. The Labute approximate surface area is 92.9 Å². The lowest BCUT2D eigenvalue weighted by Crippen LogP contribution is -2.22. The minimum absolute atomic E-state index is 0.0662. The molecule has 0 aliphatic heterocycles. The Bertz CT molecular complexity index is 323. The molecule has 1 aromatic rings. The predicted molar refractivity (Wildman–Crippen MR) is 56.0 cm³/mol. The molecule has 1 aromatic heterocycles. The summed E-state index contributed by atoms with van der Waals surface area (Å²) in [5.41, 5.74) is 1.90. The lowest BCUT2D eigenvalue weighted by molar-refractivity contribution is -0.133. The van der Waals surface area contributed by atoms with Crippen molar-refractivity contribution in [1.82, 2.24) is 10.3 Å². The van der Waals surface area contributed by atoms with Crippen molar-refractivity contribution in [3.8, 4) is 0 Å². The number of halogens is 3. The van der Waals surface area contributed by atoms with E-state index in [2.05, 4.69) is 10.3 Å². The topological polar surface area (TPSA) is 24.9 Å². The lowest BCUT2D eigenvalue weighted by Gasteiger charge is -2.09. The van der Waals surface area contributed by atoms with Crippen LogP contribution in [0.25, 0.3) is 0 Å². The maximum absolute atomic E-state index is 11.9. The molecule has 0 radical (unpaired) electrons. The number of nitrogens with one attached hydrogen (secondary N) is 1. The lowest BCUT2D eigenvalue weighted by atomic mass is 10.1. The van der Waals surface area contributed by atoms with E-state index in [1.54, 1.807) is 6.20 Å². The Morgan fingerprint density at radius 2 is 2.12 bits per heavy atom. The summed E-state index contributed by atoms with van der Waals surface area (Å²) in [5.74, 6) is 0. The molecule has 0 saturated heterocycles. The van der Waals surface area contributed by atoms with Gasteiger partial charge in [-0.3, -0.25) is 4.98 Å². The van der Waals surface area contributed by atoms with E-state index in [1.807, 2.05) is 19.1 Å². The first kappa shape index (κ1) is 13.0. The number of aryl methyl sites for hydroxylation is 1. The van der Waals surface area contributed by atoms with Crippen molar-refractivity contribution >= 4 is 0 Å². The van der Waals surface area contributed by atoms with Crippen molar-refractivity contribution in [1.29, 1.82) is 0 Å². The fourth-order valence-corrected chi connectivity index (χ4v) is 1.39. The Hall–Kier alpha value is -1.10. The Morgan fingerprint density at radius 3 is 2.75 bits per heavy atom. The average molecular weight is 232 g/mol. The summed E-state index contributed by atoms with van der Waals surface area (Å²) < 4.78 is 35.6. The van der Waals surface area contributed by atoms with Crippen LogP contribution in [0.2, 0.25) is 0 Å². The molecular formula is C11H15F3N2. The summed E-state index contributed by atoms with van der Waals surface area (Å²) in [5, 5.41) is 2.75. The Kier molecular flexibility index (Phi) is 4.73. The van der Waals surface area contributed by atoms with E-state index in [9.17, 15) is 13.2 Å². The van der Waals surface area contributed by atoms with Gasteiger partial charge < -0.3 is 5.32 Å². The van der Waals surface area contributed by atoms with E-state index in [0.717, 1.165) is 17.7 Å². The monoisotopic (exact) mass is 232 g/mol. The Balaban J connectivity index is 2.37. The standard InChI is InChI=1S/C11H15F3N2/c1-2-9-4-3-6-16-10(9)8-15-7-5-11(12,13)14/h3-4,6,15H,2,5,7-8H2,1H3. The first-order valence-electron chi connectivity index (χ1n) is 5.23. The van der Waals surface area contributed by atoms with Gasteiger partial charge in [0.2, 0.25) is 0 Å². The van der Waals surface area contributed by atoms with Crippen molar-refractivity contribution in [2.45, 2.75) is 32.5 Å². The van der Waals surface area contributed by atoms with Crippen LogP contribution in [0.1, 0.15) is 24.6 Å². The molecule has 2 nitrogen and oxygen atoms in total. The maximum Gasteiger partial charge on any atom is 0.390 e. The Morgan fingerprint density at radius 1 is 1.38 bits per heavy atom. The summed E-state index contributed by atoms with van der Waals surface area (Å²) in [4.78, 5) is 4.14. The zero-order valence-electron chi connectivity index (χ0n) is 9.14. The summed E-state index contributed by atoms with van der Waals surface area (Å²) in [7, 11) is 0. The molecule has 90 valence electrons. The highest BCUT2D eigenvalue weighted by atomic mass is 19.4. The van der Waals surface area contributed by atoms with Gasteiger partial charge in [0.15, 0.2) is 0 Å². The largest absolute Gasteiger partial charge is 0.390 e. The van der Waals surface area contributed by atoms with Gasteiger partial charge in [-0.2, -0.15) is 13.2 Å². The highest BCUT2D eigenvalue weighted by Crippen LogP contribution is 2.18. The molecule has 0 aliphatic carbocycles. The van der Waals surface area contributed by atoms with Gasteiger partial charge in [-0.15, -0.1) is 0 Å². The van der Waals surface area contributed by atoms with E-state index in [1.165, 1.54) is 0 Å². The van der Waals surface area contributed by atoms with Gasteiger partial charge in [-0.1, -0.05) is 13.0 Å². The number of rotatable bonds is 5. The molecule has 0 fully saturated rings. The molecule has 0 bridgehead atoms. The van der Waals surface area contributed by atoms with Crippen LogP contribution in [0.15, 0.2) is 18.3 Å². The second-order valence-corrected chi connectivity index (χ2v) is 3.50. The van der Waals surface area contributed by atoms with E-state index in [4.69, 9.17) is 0 Å². The molecular weight excluding hydrogens is 217 g/mol. The minimum atomic E-state index is -4.09. The summed E-state index contributed by atoms with van der Waals surface area (Å²) >= 11 is 0. The molecule has 0 amide bonds. The highest BCUT2D eigenvalue weighted by Gasteiger charge is 2.25. The number of pyridine rings is 1. The first-order valence-corrected chi connectivity index (χ1v) is 5.23. The number of aromatic nitrogens is 1. The summed E-state index contributed by atoms with van der Waals surface area (Å²) in [6, 6.07) is 3.77. The first-order chi connectivity index (χ1) is 7.53. The smallest absolute Gasteiger partial charge is 0.311 e. The predicted octanol–water partition coefficient (Wildman–Crippen LogP) is 2.69. The third-order valence-electron chi connectivity index (χ3n) is 2.24. The normalized spacial score (nSPS) is 11.8. The average Bonchev–Trinajstić information content (AvgIpc) is 2.23. The van der Waals surface area contributed by atoms with Crippen LogP contribution in [0.3, 0.4) is 0 Å². The molecule has 0 spiro atoms. The van der Waals surface area contributed by atoms with E-state index < -0.39 is 12.6 Å². The molecule has 0 atom stereocenters. The van der Waals surface area contributed by atoms with Crippen LogP contribution in [-0.4, -0.2) is 17.7 Å². The van der Waals surface area contributed by atoms with Gasteiger partial charge in [0.1, 0.15) is 0 Å². The molecule has 0 aromatic carbocycles. The van der Waals surface area contributed by atoms with Gasteiger partial charge in [0.05, 0.1) is 12.1 Å². The number of nitrogens with zero attached hydrogens (tertiary/aromatic N) is 1. The minimum Gasteiger partial charge on any atom is -0.311 e. The van der Waals surface area contributed by atoms with Gasteiger partial charge in [-0.25, -0.2) is 0 Å². The zero-order chi connectivity index (χ0) is 12.0. The zero-order valence-corrected chi connectivity index (χ0v) is 9.14. The summed E-state index contributed by atoms with van der Waals surface area (Å²) in [6.45, 7) is 2.32. The highest BCUT2D eigenvalue weighted by molar-refractivity contribution is 5.19. The second-order valence-electron chi connectivity index (χ2n) is 3.50. The molecule has 5 heteroatoms. The molecule has 1 rings (SSSR count). The number of alkyl halides is 3. The quantitative estimate of drug-likeness (QED) is 0.789. The third kappa shape index (κ3) is 4.61. The SMILES string of the molecule is CCc1cccnc1CNCCC(F)(F)F. The van der Waals surface area contributed by atoms with Crippen LogP contribution >= 0.6 is 0 Å². The summed E-state index contributed by atoms with van der Waals surface area (Å²) in [6.07, 6.45) is -2.41. The van der Waals surface area contributed by atoms with Crippen molar-refractivity contribution in [3.05, 3.63) is 29.6 Å². The third-order valence-corrected chi connectivity index (χ3v) is 2.24. The van der Waals surface area contributed by atoms with Gasteiger partial charge in [-0.05, 0) is 18.1 Å². The molecule has 0 unspecified atom stereocenters. The van der Waals surface area contributed by atoms with E-state index in [0.29, 0.717) is 6.54 Å². The molecule has 1 heterocycles. The van der Waals surface area contributed by atoms with Crippen LogP contribution < -0.4 is 5.32 Å². The van der Waals surface area contributed by atoms with Gasteiger partial charge in [0, 0.05) is 19.3 Å². The molecule has 0 saturated carbocycles. The van der Waals surface area contributed by atoms with Crippen LogP contribution in [0, 0.1) is 0 Å². The van der Waals surface area contributed by atoms with Crippen molar-refractivity contribution in [2.24, 2.45) is 0 Å². The number of hydrogen-bond acceptors (Lipinski definition) is 2. The molecule has 0 aliphatic rings. The molecule has 1 N–H and O–H groups in total. The fourth-order valence-electron chi connectivity index (χ4n) is 1.39. The molecule has 16 heavy (non-hydrogen) atoms. The van der Waals surface area contributed by atoms with Crippen LogP contribution in [0.4, 0.5) is 13.2 Å². The van der Waals surface area contributed by atoms with Crippen LogP contribution in [-0.2, 0) is 13.0 Å². The van der Waals surface area contributed by atoms with Crippen molar-refractivity contribution in [3.63, 3.8) is 0 Å². The van der Waals surface area contributed by atoms with Crippen LogP contribution in [0.5, 0.6) is 0 Å². The number of hydrogen-bond donors (Lipinski definition) is 1. The van der Waals surface area contributed by atoms with E-state index in [-0.39, 0.29) is 6.54 Å². The fraction of sp³-hybridized carbons (Fsp3) is 0.545. The van der Waals surface area contributed by atoms with Gasteiger partial charge >= 0.3 is 6.18 Å². The van der Waals surface area contributed by atoms with E-state index >= 15 is 0 Å². The van der Waals surface area contributed by atoms with Crippen molar-refractivity contribution in [2.75, 3.05) is 6.54 Å². The van der Waals surface area contributed by atoms with Gasteiger partial charge in [0.25, 0.3) is 0 Å².